The second kappa shape index (κ2) is 6.41. The lowest BCUT2D eigenvalue weighted by molar-refractivity contribution is -0.127. The molecular formula is C24H28O6. The average Bonchev–Trinajstić information content (AvgIpc) is 3.28. The van der Waals surface area contributed by atoms with E-state index in [1.807, 2.05) is 6.92 Å². The lowest BCUT2D eigenvalue weighted by Crippen LogP contribution is -2.53. The molecule has 0 radical (unpaired) electrons. The van der Waals surface area contributed by atoms with Gasteiger partial charge in [0.15, 0.2) is 0 Å². The lowest BCUT2D eigenvalue weighted by atomic mass is 9.51. The molecule has 2 N–H and O–H groups in total. The van der Waals surface area contributed by atoms with Gasteiger partial charge in [0.25, 0.3) is 0 Å². The van der Waals surface area contributed by atoms with E-state index in [0.29, 0.717) is 36.8 Å². The Balaban J connectivity index is 1.79. The standard InChI is InChI=1S/C24H28O6/c1-12(10-26)14-9-23(2)16(4-5-18(23)27)13-8-17-21-15(11-29-17)22(28)30-19(6-7-25)24(21,3)20(13)14/h11,14,16,19,25-26H,1,4-10H2,2-3H3/t14-,16?,19+,23-,24+/m0/s1. The molecule has 1 aliphatic heterocycles. The Morgan fingerprint density at radius 3 is 2.77 bits per heavy atom. The predicted octanol–water partition coefficient (Wildman–Crippen LogP) is 2.87. The Morgan fingerprint density at radius 2 is 2.07 bits per heavy atom. The molecule has 1 aromatic heterocycles. The summed E-state index contributed by atoms with van der Waals surface area (Å²) < 4.78 is 11.7. The molecule has 1 aromatic rings. The number of furan rings is 1. The topological polar surface area (TPSA) is 97.0 Å². The van der Waals surface area contributed by atoms with Crippen molar-refractivity contribution in [2.24, 2.45) is 17.3 Å². The Morgan fingerprint density at radius 1 is 1.30 bits per heavy atom. The van der Waals surface area contributed by atoms with Gasteiger partial charge in [-0.3, -0.25) is 4.79 Å². The fourth-order valence-electron chi connectivity index (χ4n) is 6.86. The molecule has 30 heavy (non-hydrogen) atoms. The number of ketones is 1. The van der Waals surface area contributed by atoms with Gasteiger partial charge in [-0.15, -0.1) is 0 Å². The van der Waals surface area contributed by atoms with E-state index >= 15 is 0 Å². The zero-order valence-corrected chi connectivity index (χ0v) is 17.5. The number of rotatable bonds is 4. The first-order chi connectivity index (χ1) is 14.3. The summed E-state index contributed by atoms with van der Waals surface area (Å²) in [6.07, 6.45) is 3.76. The van der Waals surface area contributed by atoms with Gasteiger partial charge < -0.3 is 19.4 Å². The molecular weight excluding hydrogens is 384 g/mol. The van der Waals surface area contributed by atoms with Crippen LogP contribution in [0, 0.1) is 17.3 Å². The highest BCUT2D eigenvalue weighted by Crippen LogP contribution is 2.63. The summed E-state index contributed by atoms with van der Waals surface area (Å²) in [6, 6.07) is 0. The summed E-state index contributed by atoms with van der Waals surface area (Å²) in [6.45, 7) is 7.99. The van der Waals surface area contributed by atoms with Gasteiger partial charge in [-0.2, -0.15) is 0 Å². The van der Waals surface area contributed by atoms with Crippen molar-refractivity contribution in [2.45, 2.75) is 57.5 Å². The minimum absolute atomic E-state index is 0.105. The quantitative estimate of drug-likeness (QED) is 0.583. The molecule has 0 saturated heterocycles. The molecule has 3 aliphatic carbocycles. The van der Waals surface area contributed by atoms with Crippen molar-refractivity contribution in [3.05, 3.63) is 46.4 Å². The van der Waals surface area contributed by atoms with Crippen LogP contribution in [0.1, 0.15) is 61.2 Å². The zero-order valence-electron chi connectivity index (χ0n) is 17.5. The largest absolute Gasteiger partial charge is 0.468 e. The maximum atomic E-state index is 12.9. The summed E-state index contributed by atoms with van der Waals surface area (Å²) in [5.74, 6) is 0.519. The van der Waals surface area contributed by atoms with Crippen LogP contribution in [-0.2, 0) is 21.4 Å². The van der Waals surface area contributed by atoms with Gasteiger partial charge in [-0.05, 0) is 36.8 Å². The van der Waals surface area contributed by atoms with E-state index in [9.17, 15) is 19.8 Å². The summed E-state index contributed by atoms with van der Waals surface area (Å²) in [7, 11) is 0. The van der Waals surface area contributed by atoms with Crippen molar-refractivity contribution >= 4 is 11.8 Å². The molecule has 160 valence electrons. The zero-order chi connectivity index (χ0) is 21.4. The number of fused-ring (bicyclic) bond motifs is 3. The molecule has 2 heterocycles. The van der Waals surface area contributed by atoms with E-state index < -0.39 is 22.9 Å². The number of carbonyl (C=O) groups is 2. The third kappa shape index (κ3) is 2.26. The minimum atomic E-state index is -0.683. The maximum Gasteiger partial charge on any atom is 0.342 e. The highest BCUT2D eigenvalue weighted by atomic mass is 16.5. The number of carbonyl (C=O) groups excluding carboxylic acids is 2. The number of hydrogen-bond acceptors (Lipinski definition) is 6. The first kappa shape index (κ1) is 19.8. The van der Waals surface area contributed by atoms with Gasteiger partial charge >= 0.3 is 5.97 Å². The minimum Gasteiger partial charge on any atom is -0.468 e. The van der Waals surface area contributed by atoms with Crippen LogP contribution in [0.5, 0.6) is 0 Å². The number of aliphatic hydroxyl groups is 2. The van der Waals surface area contributed by atoms with Crippen molar-refractivity contribution < 1.29 is 29.0 Å². The van der Waals surface area contributed by atoms with Crippen LogP contribution in [0.2, 0.25) is 0 Å². The van der Waals surface area contributed by atoms with Crippen LogP contribution in [0.3, 0.4) is 0 Å². The number of allylic oxidation sites excluding steroid dienone is 1. The average molecular weight is 412 g/mol. The lowest BCUT2D eigenvalue weighted by Gasteiger charge is -2.53. The van der Waals surface area contributed by atoms with Gasteiger partial charge in [0.2, 0.25) is 0 Å². The van der Waals surface area contributed by atoms with Crippen LogP contribution in [-0.4, -0.2) is 41.3 Å². The Kier molecular flexibility index (Phi) is 4.22. The Hall–Kier alpha value is -2.18. The molecule has 1 fully saturated rings. The van der Waals surface area contributed by atoms with Crippen LogP contribution in [0.4, 0.5) is 0 Å². The summed E-state index contributed by atoms with van der Waals surface area (Å²) >= 11 is 0. The second-order valence-corrected chi connectivity index (χ2v) is 9.68. The molecule has 1 saturated carbocycles. The molecule has 5 rings (SSSR count). The summed E-state index contributed by atoms with van der Waals surface area (Å²) in [5.41, 5.74) is 3.08. The predicted molar refractivity (Wildman–Crippen MR) is 108 cm³/mol. The van der Waals surface area contributed by atoms with Gasteiger partial charge in [-0.25, -0.2) is 4.79 Å². The van der Waals surface area contributed by atoms with Crippen LogP contribution >= 0.6 is 0 Å². The normalized spacial score (nSPS) is 36.9. The van der Waals surface area contributed by atoms with Crippen molar-refractivity contribution in [3.63, 3.8) is 0 Å². The number of aliphatic hydroxyl groups excluding tert-OH is 2. The van der Waals surface area contributed by atoms with E-state index in [1.165, 1.54) is 11.8 Å². The number of Topliss-reactive ketones (excluding diaryl/α,β-unsaturated/α-hetero) is 1. The van der Waals surface area contributed by atoms with Crippen LogP contribution in [0.25, 0.3) is 0 Å². The van der Waals surface area contributed by atoms with E-state index in [2.05, 4.69) is 13.5 Å². The summed E-state index contributed by atoms with van der Waals surface area (Å²) in [5, 5.41) is 19.7. The SMILES string of the molecule is C=C(CO)[C@@H]1C[C@]2(C)C(=O)CCC2C2=C1[C@]1(C)c3c(coc3C2)C(=O)O[C@@H]1CCO. The van der Waals surface area contributed by atoms with E-state index in [4.69, 9.17) is 9.15 Å². The smallest absolute Gasteiger partial charge is 0.342 e. The van der Waals surface area contributed by atoms with Crippen molar-refractivity contribution in [2.75, 3.05) is 13.2 Å². The third-order valence-corrected chi connectivity index (χ3v) is 8.31. The van der Waals surface area contributed by atoms with Crippen LogP contribution in [0.15, 0.2) is 34.0 Å². The highest BCUT2D eigenvalue weighted by Gasteiger charge is 2.61. The molecule has 1 unspecified atom stereocenters. The van der Waals surface area contributed by atoms with E-state index in [1.54, 1.807) is 0 Å². The number of cyclic esters (lactones) is 1. The number of esters is 1. The molecule has 0 bridgehead atoms. The molecule has 5 atom stereocenters. The van der Waals surface area contributed by atoms with Gasteiger partial charge in [0.1, 0.15) is 29.5 Å². The van der Waals surface area contributed by atoms with E-state index in [-0.39, 0.29) is 30.8 Å². The first-order valence-electron chi connectivity index (χ1n) is 10.7. The fraction of sp³-hybridized carbons (Fsp3) is 0.583. The molecule has 6 nitrogen and oxygen atoms in total. The highest BCUT2D eigenvalue weighted by molar-refractivity contribution is 5.94. The molecule has 0 aromatic carbocycles. The van der Waals surface area contributed by atoms with Crippen molar-refractivity contribution in [1.82, 2.24) is 0 Å². The molecule has 4 aliphatic rings. The molecule has 0 spiro atoms. The van der Waals surface area contributed by atoms with Crippen LogP contribution < -0.4 is 0 Å². The third-order valence-electron chi connectivity index (χ3n) is 8.31. The Labute approximate surface area is 175 Å². The van der Waals surface area contributed by atoms with Crippen molar-refractivity contribution in [1.29, 1.82) is 0 Å². The number of hydrogen-bond donors (Lipinski definition) is 2. The molecule has 6 heteroatoms. The van der Waals surface area contributed by atoms with Gasteiger partial charge in [-0.1, -0.05) is 19.1 Å². The Bertz CT molecular complexity index is 999. The van der Waals surface area contributed by atoms with Gasteiger partial charge in [0, 0.05) is 42.8 Å². The fourth-order valence-corrected chi connectivity index (χ4v) is 6.86. The molecule has 0 amide bonds. The van der Waals surface area contributed by atoms with Crippen molar-refractivity contribution in [3.8, 4) is 0 Å². The first-order valence-corrected chi connectivity index (χ1v) is 10.7. The second-order valence-electron chi connectivity index (χ2n) is 9.68. The van der Waals surface area contributed by atoms with E-state index in [0.717, 1.165) is 23.3 Å². The van der Waals surface area contributed by atoms with Gasteiger partial charge in [0.05, 0.1) is 12.0 Å². The number of ether oxygens (including phenoxy) is 1. The monoisotopic (exact) mass is 412 g/mol. The summed E-state index contributed by atoms with van der Waals surface area (Å²) in [4.78, 5) is 25.6. The maximum absolute atomic E-state index is 12.9.